The number of aromatic nitrogens is 2. The summed E-state index contributed by atoms with van der Waals surface area (Å²) in [5.74, 6) is 0. The maximum Gasteiger partial charge on any atom is 0.117 e. The van der Waals surface area contributed by atoms with Crippen LogP contribution in [0, 0.1) is 6.92 Å². The van der Waals surface area contributed by atoms with Crippen LogP contribution in [0.1, 0.15) is 30.7 Å². The van der Waals surface area contributed by atoms with E-state index in [9.17, 15) is 4.39 Å². The highest BCUT2D eigenvalue weighted by Gasteiger charge is 2.33. The van der Waals surface area contributed by atoms with Crippen molar-refractivity contribution in [2.24, 2.45) is 7.05 Å². The Morgan fingerprint density at radius 1 is 1.47 bits per heavy atom. The first-order chi connectivity index (χ1) is 8.02. The second-order valence-electron chi connectivity index (χ2n) is 4.90. The molecule has 2 heterocycles. The van der Waals surface area contributed by atoms with Gasteiger partial charge in [-0.05, 0) is 39.3 Å². The Hall–Kier alpha value is -0.610. The predicted octanol–water partition coefficient (Wildman–Crippen LogP) is 2.41. The van der Waals surface area contributed by atoms with E-state index in [1.165, 1.54) is 0 Å². The van der Waals surface area contributed by atoms with Crippen LogP contribution in [0.5, 0.6) is 0 Å². The molecule has 1 N–H and O–H groups in total. The highest BCUT2D eigenvalue weighted by Crippen LogP contribution is 2.32. The number of hydrogen-bond acceptors (Lipinski definition) is 2. The van der Waals surface area contributed by atoms with E-state index >= 15 is 0 Å². The Morgan fingerprint density at radius 2 is 2.24 bits per heavy atom. The van der Waals surface area contributed by atoms with Gasteiger partial charge in [-0.15, -0.1) is 0 Å². The van der Waals surface area contributed by atoms with Gasteiger partial charge in [-0.3, -0.25) is 4.68 Å². The SMILES string of the molecule is Cc1nn(C)c(CC2(F)CCCNCC2)c1Cl. The normalized spacial score (nSPS) is 25.9. The van der Waals surface area contributed by atoms with Crippen LogP contribution < -0.4 is 5.32 Å². The molecule has 1 aliphatic rings. The monoisotopic (exact) mass is 259 g/mol. The van der Waals surface area contributed by atoms with Crippen molar-refractivity contribution in [2.75, 3.05) is 13.1 Å². The molecule has 1 aromatic rings. The molecule has 17 heavy (non-hydrogen) atoms. The Labute approximate surface area is 106 Å². The Kier molecular flexibility index (Phi) is 3.73. The summed E-state index contributed by atoms with van der Waals surface area (Å²) < 4.78 is 16.5. The first-order valence-electron chi connectivity index (χ1n) is 6.09. The van der Waals surface area contributed by atoms with Crippen LogP contribution in [0.3, 0.4) is 0 Å². The van der Waals surface area contributed by atoms with Crippen molar-refractivity contribution >= 4 is 11.6 Å². The highest BCUT2D eigenvalue weighted by molar-refractivity contribution is 6.31. The van der Waals surface area contributed by atoms with Gasteiger partial charge in [0, 0.05) is 13.5 Å². The summed E-state index contributed by atoms with van der Waals surface area (Å²) in [6.07, 6.45) is 2.39. The van der Waals surface area contributed by atoms with Crippen LogP contribution in [0.25, 0.3) is 0 Å². The molecular formula is C12H19ClFN3. The molecule has 1 aromatic heterocycles. The second kappa shape index (κ2) is 4.94. The van der Waals surface area contributed by atoms with Crippen molar-refractivity contribution < 1.29 is 4.39 Å². The molecule has 0 radical (unpaired) electrons. The van der Waals surface area contributed by atoms with Crippen LogP contribution >= 0.6 is 11.6 Å². The summed E-state index contributed by atoms with van der Waals surface area (Å²) in [5.41, 5.74) is 0.445. The van der Waals surface area contributed by atoms with Gasteiger partial charge in [0.2, 0.25) is 0 Å². The smallest absolute Gasteiger partial charge is 0.117 e. The topological polar surface area (TPSA) is 29.9 Å². The number of hydrogen-bond donors (Lipinski definition) is 1. The van der Waals surface area contributed by atoms with Crippen molar-refractivity contribution in [2.45, 2.75) is 38.3 Å². The summed E-state index contributed by atoms with van der Waals surface area (Å²) in [6.45, 7) is 3.50. The number of nitrogens with zero attached hydrogens (tertiary/aromatic N) is 2. The van der Waals surface area contributed by atoms with E-state index < -0.39 is 5.67 Å². The van der Waals surface area contributed by atoms with Crippen molar-refractivity contribution in [3.8, 4) is 0 Å². The summed E-state index contributed by atoms with van der Waals surface area (Å²) in [4.78, 5) is 0. The van der Waals surface area contributed by atoms with E-state index in [4.69, 9.17) is 11.6 Å². The van der Waals surface area contributed by atoms with Gasteiger partial charge in [0.15, 0.2) is 0 Å². The Balaban J connectivity index is 2.18. The molecule has 1 fully saturated rings. The third kappa shape index (κ3) is 2.80. The van der Waals surface area contributed by atoms with Gasteiger partial charge in [-0.2, -0.15) is 5.10 Å². The molecular weight excluding hydrogens is 241 g/mol. The fourth-order valence-corrected chi connectivity index (χ4v) is 2.67. The minimum absolute atomic E-state index is 0.366. The lowest BCUT2D eigenvalue weighted by Crippen LogP contribution is -2.28. The summed E-state index contributed by atoms with van der Waals surface area (Å²) in [6, 6.07) is 0. The van der Waals surface area contributed by atoms with Gasteiger partial charge in [-0.25, -0.2) is 4.39 Å². The van der Waals surface area contributed by atoms with Crippen molar-refractivity contribution in [3.05, 3.63) is 16.4 Å². The molecule has 3 nitrogen and oxygen atoms in total. The first kappa shape index (κ1) is 12.8. The zero-order chi connectivity index (χ0) is 12.5. The zero-order valence-electron chi connectivity index (χ0n) is 10.4. The molecule has 0 amide bonds. The minimum atomic E-state index is -1.15. The third-order valence-corrected chi connectivity index (χ3v) is 3.97. The number of aryl methyl sites for hydroxylation is 2. The van der Waals surface area contributed by atoms with Crippen LogP contribution in [-0.2, 0) is 13.5 Å². The summed E-state index contributed by atoms with van der Waals surface area (Å²) in [7, 11) is 1.83. The van der Waals surface area contributed by atoms with Gasteiger partial charge in [-0.1, -0.05) is 11.6 Å². The van der Waals surface area contributed by atoms with Gasteiger partial charge in [0.05, 0.1) is 16.4 Å². The fraction of sp³-hybridized carbons (Fsp3) is 0.750. The average Bonchev–Trinajstić information content (AvgIpc) is 2.48. The Morgan fingerprint density at radius 3 is 2.88 bits per heavy atom. The fourth-order valence-electron chi connectivity index (χ4n) is 2.44. The van der Waals surface area contributed by atoms with E-state index in [2.05, 4.69) is 10.4 Å². The summed E-state index contributed by atoms with van der Waals surface area (Å²) >= 11 is 6.17. The number of rotatable bonds is 2. The maximum absolute atomic E-state index is 14.7. The van der Waals surface area contributed by atoms with Gasteiger partial charge >= 0.3 is 0 Å². The van der Waals surface area contributed by atoms with Crippen molar-refractivity contribution in [3.63, 3.8) is 0 Å². The summed E-state index contributed by atoms with van der Waals surface area (Å²) in [5, 5.41) is 8.07. The predicted molar refractivity (Wildman–Crippen MR) is 67.2 cm³/mol. The molecule has 0 aromatic carbocycles. The van der Waals surface area contributed by atoms with E-state index in [0.29, 0.717) is 24.3 Å². The van der Waals surface area contributed by atoms with E-state index in [1.54, 1.807) is 4.68 Å². The van der Waals surface area contributed by atoms with E-state index in [0.717, 1.165) is 30.9 Å². The largest absolute Gasteiger partial charge is 0.317 e. The molecule has 1 saturated heterocycles. The van der Waals surface area contributed by atoms with Crippen molar-refractivity contribution in [1.29, 1.82) is 0 Å². The molecule has 96 valence electrons. The lowest BCUT2D eigenvalue weighted by atomic mass is 9.91. The zero-order valence-corrected chi connectivity index (χ0v) is 11.1. The number of nitrogens with one attached hydrogen (secondary N) is 1. The van der Waals surface area contributed by atoms with Crippen molar-refractivity contribution in [1.82, 2.24) is 15.1 Å². The standard InChI is InChI=1S/C12H19ClFN3/c1-9-11(13)10(17(2)16-9)8-12(14)4-3-6-15-7-5-12/h15H,3-8H2,1-2H3. The lowest BCUT2D eigenvalue weighted by molar-refractivity contribution is 0.141. The van der Waals surface area contributed by atoms with E-state index in [-0.39, 0.29) is 0 Å². The average molecular weight is 260 g/mol. The molecule has 1 atom stereocenters. The molecule has 5 heteroatoms. The number of alkyl halides is 1. The first-order valence-corrected chi connectivity index (χ1v) is 6.47. The van der Waals surface area contributed by atoms with Crippen LogP contribution in [-0.4, -0.2) is 28.5 Å². The third-order valence-electron chi connectivity index (χ3n) is 3.47. The molecule has 0 bridgehead atoms. The van der Waals surface area contributed by atoms with Crippen LogP contribution in [0.2, 0.25) is 5.02 Å². The van der Waals surface area contributed by atoms with Crippen LogP contribution in [0.15, 0.2) is 0 Å². The lowest BCUT2D eigenvalue weighted by Gasteiger charge is -2.23. The van der Waals surface area contributed by atoms with Gasteiger partial charge in [0.25, 0.3) is 0 Å². The van der Waals surface area contributed by atoms with Gasteiger partial charge in [0.1, 0.15) is 5.67 Å². The molecule has 0 spiro atoms. The van der Waals surface area contributed by atoms with Gasteiger partial charge < -0.3 is 5.32 Å². The Bertz CT molecular complexity index is 395. The molecule has 2 rings (SSSR count). The van der Waals surface area contributed by atoms with E-state index in [1.807, 2.05) is 14.0 Å². The maximum atomic E-state index is 14.7. The van der Waals surface area contributed by atoms with Crippen LogP contribution in [0.4, 0.5) is 4.39 Å². The molecule has 0 aliphatic carbocycles. The molecule has 1 aliphatic heterocycles. The minimum Gasteiger partial charge on any atom is -0.317 e. The second-order valence-corrected chi connectivity index (χ2v) is 5.28. The molecule has 0 saturated carbocycles. The highest BCUT2D eigenvalue weighted by atomic mass is 35.5. The molecule has 1 unspecified atom stereocenters. The quantitative estimate of drug-likeness (QED) is 0.884. The number of halogens is 2.